The number of aliphatic hydroxyl groups is 1. The number of halogens is 1. The highest BCUT2D eigenvalue weighted by Crippen LogP contribution is 2.30. The first-order valence-corrected chi connectivity index (χ1v) is 8.87. The first-order chi connectivity index (χ1) is 11.1. The quantitative estimate of drug-likeness (QED) is 0.876. The third kappa shape index (κ3) is 4.11. The van der Waals surface area contributed by atoms with Gasteiger partial charge in [0.15, 0.2) is 0 Å². The summed E-state index contributed by atoms with van der Waals surface area (Å²) in [6.45, 7) is 5.08. The molecule has 1 aliphatic carbocycles. The Balaban J connectivity index is 0.00000208. The highest BCUT2D eigenvalue weighted by molar-refractivity contribution is 5.96. The van der Waals surface area contributed by atoms with E-state index in [-0.39, 0.29) is 30.5 Å². The molecule has 1 heterocycles. The minimum absolute atomic E-state index is 0. The normalized spacial score (nSPS) is 27.5. The molecule has 1 aliphatic heterocycles. The highest BCUT2D eigenvalue weighted by Gasteiger charge is 2.36. The number of amides is 1. The number of likely N-dealkylation sites (tertiary alicyclic amines) is 1. The van der Waals surface area contributed by atoms with E-state index in [1.165, 1.54) is 0 Å². The number of rotatable bonds is 3. The molecule has 1 aromatic rings. The SMILES string of the molecule is Cc1cccc(C)c1NC(=O)[C@@H]1CCCN1C1CCC(O)CC1.Cl. The number of carbonyl (C=O) groups is 1. The zero-order valence-electron chi connectivity index (χ0n) is 14.6. The van der Waals surface area contributed by atoms with Crippen molar-refractivity contribution >= 4 is 24.0 Å². The van der Waals surface area contributed by atoms with Crippen molar-refractivity contribution in [1.29, 1.82) is 0 Å². The third-order valence-corrected chi connectivity index (χ3v) is 5.46. The van der Waals surface area contributed by atoms with Gasteiger partial charge in [0.1, 0.15) is 0 Å². The minimum atomic E-state index is -0.143. The molecule has 0 aromatic heterocycles. The second-order valence-corrected chi connectivity index (χ2v) is 7.11. The second-order valence-electron chi connectivity index (χ2n) is 7.11. The number of carbonyl (C=O) groups excluding carboxylic acids is 1. The molecule has 2 N–H and O–H groups in total. The van der Waals surface area contributed by atoms with Crippen molar-refractivity contribution in [3.63, 3.8) is 0 Å². The number of nitrogens with zero attached hydrogens (tertiary/aromatic N) is 1. The van der Waals surface area contributed by atoms with E-state index in [4.69, 9.17) is 0 Å². The van der Waals surface area contributed by atoms with Crippen LogP contribution in [0.1, 0.15) is 49.7 Å². The van der Waals surface area contributed by atoms with Gasteiger partial charge in [-0.15, -0.1) is 12.4 Å². The molecule has 2 aliphatic rings. The maximum absolute atomic E-state index is 12.8. The van der Waals surface area contributed by atoms with Crippen LogP contribution in [-0.4, -0.2) is 40.6 Å². The molecule has 1 saturated carbocycles. The van der Waals surface area contributed by atoms with Gasteiger partial charge in [-0.05, 0) is 70.0 Å². The highest BCUT2D eigenvalue weighted by atomic mass is 35.5. The molecule has 134 valence electrons. The Labute approximate surface area is 151 Å². The average molecular weight is 353 g/mol. The average Bonchev–Trinajstić information content (AvgIpc) is 3.01. The lowest BCUT2D eigenvalue weighted by Crippen LogP contribution is -2.47. The van der Waals surface area contributed by atoms with E-state index < -0.39 is 0 Å². The number of anilines is 1. The summed E-state index contributed by atoms with van der Waals surface area (Å²) in [7, 11) is 0. The minimum Gasteiger partial charge on any atom is -0.393 e. The molecular formula is C19H29ClN2O2. The van der Waals surface area contributed by atoms with Gasteiger partial charge in [-0.3, -0.25) is 9.69 Å². The summed E-state index contributed by atoms with van der Waals surface area (Å²) in [5.74, 6) is 0.131. The molecule has 1 saturated heterocycles. The zero-order chi connectivity index (χ0) is 16.4. The van der Waals surface area contributed by atoms with E-state index >= 15 is 0 Å². The topological polar surface area (TPSA) is 52.6 Å². The van der Waals surface area contributed by atoms with Crippen LogP contribution in [0.4, 0.5) is 5.69 Å². The van der Waals surface area contributed by atoms with Crippen LogP contribution in [0.15, 0.2) is 18.2 Å². The molecular weight excluding hydrogens is 324 g/mol. The fourth-order valence-electron chi connectivity index (χ4n) is 4.12. The molecule has 5 heteroatoms. The van der Waals surface area contributed by atoms with E-state index in [9.17, 15) is 9.90 Å². The smallest absolute Gasteiger partial charge is 0.241 e. The van der Waals surface area contributed by atoms with Crippen molar-refractivity contribution in [2.24, 2.45) is 0 Å². The first-order valence-electron chi connectivity index (χ1n) is 8.87. The number of para-hydroxylation sites is 1. The van der Waals surface area contributed by atoms with E-state index in [0.29, 0.717) is 6.04 Å². The van der Waals surface area contributed by atoms with Crippen molar-refractivity contribution in [2.75, 3.05) is 11.9 Å². The lowest BCUT2D eigenvalue weighted by atomic mass is 9.91. The van der Waals surface area contributed by atoms with Crippen molar-refractivity contribution in [2.45, 2.75) is 70.6 Å². The molecule has 2 fully saturated rings. The van der Waals surface area contributed by atoms with E-state index in [1.807, 2.05) is 32.0 Å². The summed E-state index contributed by atoms with van der Waals surface area (Å²) in [5.41, 5.74) is 3.19. The predicted molar refractivity (Wildman–Crippen MR) is 99.8 cm³/mol. The van der Waals surface area contributed by atoms with Gasteiger partial charge < -0.3 is 10.4 Å². The Bertz CT molecular complexity index is 550. The summed E-state index contributed by atoms with van der Waals surface area (Å²) in [5, 5.41) is 12.9. The molecule has 0 spiro atoms. The Hall–Kier alpha value is -1.10. The lowest BCUT2D eigenvalue weighted by molar-refractivity contribution is -0.121. The van der Waals surface area contributed by atoms with Crippen LogP contribution in [0, 0.1) is 13.8 Å². The van der Waals surface area contributed by atoms with Crippen LogP contribution < -0.4 is 5.32 Å². The predicted octanol–water partition coefficient (Wildman–Crippen LogP) is 3.43. The Morgan fingerprint density at radius 3 is 2.38 bits per heavy atom. The largest absolute Gasteiger partial charge is 0.393 e. The van der Waals surface area contributed by atoms with Crippen LogP contribution in [0.25, 0.3) is 0 Å². The van der Waals surface area contributed by atoms with Crippen LogP contribution >= 0.6 is 12.4 Å². The van der Waals surface area contributed by atoms with Crippen LogP contribution in [0.5, 0.6) is 0 Å². The van der Waals surface area contributed by atoms with Gasteiger partial charge in [0.2, 0.25) is 5.91 Å². The van der Waals surface area contributed by atoms with Gasteiger partial charge in [0, 0.05) is 11.7 Å². The maximum atomic E-state index is 12.8. The van der Waals surface area contributed by atoms with Gasteiger partial charge in [0.05, 0.1) is 12.1 Å². The number of aryl methyl sites for hydroxylation is 2. The molecule has 0 radical (unpaired) electrons. The standard InChI is InChI=1S/C19H28N2O2.ClH/c1-13-5-3-6-14(2)18(13)20-19(23)17-7-4-12-21(17)15-8-10-16(22)11-9-15;/h3,5-6,15-17,22H,4,7-12H2,1-2H3,(H,20,23);1H/t15?,16?,17-;/m0./s1. The third-order valence-electron chi connectivity index (χ3n) is 5.46. The van der Waals surface area contributed by atoms with Crippen molar-refractivity contribution in [3.8, 4) is 0 Å². The number of benzene rings is 1. The molecule has 1 amide bonds. The molecule has 1 atom stereocenters. The number of aliphatic hydroxyl groups excluding tert-OH is 1. The van der Waals surface area contributed by atoms with Crippen LogP contribution in [0.2, 0.25) is 0 Å². The van der Waals surface area contributed by atoms with Gasteiger partial charge in [-0.1, -0.05) is 18.2 Å². The fraction of sp³-hybridized carbons (Fsp3) is 0.632. The molecule has 4 nitrogen and oxygen atoms in total. The summed E-state index contributed by atoms with van der Waals surface area (Å²) < 4.78 is 0. The van der Waals surface area contributed by atoms with Crippen molar-refractivity contribution in [3.05, 3.63) is 29.3 Å². The van der Waals surface area contributed by atoms with Crippen molar-refractivity contribution in [1.82, 2.24) is 4.90 Å². The first kappa shape index (κ1) is 19.2. The zero-order valence-corrected chi connectivity index (χ0v) is 15.4. The van der Waals surface area contributed by atoms with Crippen molar-refractivity contribution < 1.29 is 9.90 Å². The summed E-state index contributed by atoms with van der Waals surface area (Å²) in [4.78, 5) is 15.2. The summed E-state index contributed by atoms with van der Waals surface area (Å²) in [6, 6.07) is 6.54. The van der Waals surface area contributed by atoms with E-state index in [2.05, 4.69) is 10.2 Å². The Morgan fingerprint density at radius 2 is 1.75 bits per heavy atom. The van der Waals surface area contributed by atoms with E-state index in [1.54, 1.807) is 0 Å². The molecule has 0 unspecified atom stereocenters. The molecule has 1 aromatic carbocycles. The van der Waals surface area contributed by atoms with Gasteiger partial charge >= 0.3 is 0 Å². The number of hydrogen-bond donors (Lipinski definition) is 2. The molecule has 0 bridgehead atoms. The van der Waals surface area contributed by atoms with Crippen LogP contribution in [-0.2, 0) is 4.79 Å². The van der Waals surface area contributed by atoms with Gasteiger partial charge in [-0.2, -0.15) is 0 Å². The molecule has 24 heavy (non-hydrogen) atoms. The Kier molecular flexibility index (Phi) is 6.67. The van der Waals surface area contributed by atoms with Gasteiger partial charge in [-0.25, -0.2) is 0 Å². The number of hydrogen-bond acceptors (Lipinski definition) is 3. The molecule has 3 rings (SSSR count). The second kappa shape index (κ2) is 8.32. The fourth-order valence-corrected chi connectivity index (χ4v) is 4.12. The van der Waals surface area contributed by atoms with Gasteiger partial charge in [0.25, 0.3) is 0 Å². The summed E-state index contributed by atoms with van der Waals surface area (Å²) >= 11 is 0. The summed E-state index contributed by atoms with van der Waals surface area (Å²) in [6.07, 6.45) is 5.64. The van der Waals surface area contributed by atoms with Crippen LogP contribution in [0.3, 0.4) is 0 Å². The Morgan fingerprint density at radius 1 is 1.12 bits per heavy atom. The number of nitrogens with one attached hydrogen (secondary N) is 1. The lowest BCUT2D eigenvalue weighted by Gasteiger charge is -2.36. The maximum Gasteiger partial charge on any atom is 0.241 e. The van der Waals surface area contributed by atoms with E-state index in [0.717, 1.165) is 61.9 Å². The monoisotopic (exact) mass is 352 g/mol.